The first-order valence-corrected chi connectivity index (χ1v) is 11.1. The lowest BCUT2D eigenvalue weighted by Gasteiger charge is -2.15. The Morgan fingerprint density at radius 2 is 1.48 bits per heavy atom. The molecule has 166 valence electrons. The predicted octanol–water partition coefficient (Wildman–Crippen LogP) is 6.06. The number of rotatable bonds is 7. The third-order valence-corrected chi connectivity index (χ3v) is 5.55. The molecule has 0 bridgehead atoms. The fourth-order valence-electron chi connectivity index (χ4n) is 3.23. The van der Waals surface area contributed by atoms with Gasteiger partial charge in [0.2, 0.25) is 5.95 Å². The molecule has 0 aliphatic heterocycles. The Labute approximate surface area is 201 Å². The Hall–Kier alpha value is -3.71. The van der Waals surface area contributed by atoms with E-state index < -0.39 is 0 Å². The van der Waals surface area contributed by atoms with Crippen molar-refractivity contribution in [1.29, 1.82) is 0 Å². The topological polar surface area (TPSA) is 59.8 Å². The highest BCUT2D eigenvalue weighted by Crippen LogP contribution is 2.28. The molecule has 6 nitrogen and oxygen atoms in total. The SMILES string of the molecule is COc1ccc(C=NN(C)c2nc(-c3ccccc3)cc(-c3ccc(Br)cc3)n2)c(OC)c1. The predicted molar refractivity (Wildman–Crippen MR) is 136 cm³/mol. The lowest BCUT2D eigenvalue weighted by atomic mass is 10.1. The van der Waals surface area contributed by atoms with Gasteiger partial charge in [-0.1, -0.05) is 58.4 Å². The molecule has 4 aromatic rings. The van der Waals surface area contributed by atoms with Gasteiger partial charge >= 0.3 is 0 Å². The molecule has 0 radical (unpaired) electrons. The van der Waals surface area contributed by atoms with Gasteiger partial charge in [-0.15, -0.1) is 0 Å². The average Bonchev–Trinajstić information content (AvgIpc) is 2.87. The van der Waals surface area contributed by atoms with Crippen LogP contribution in [0.4, 0.5) is 5.95 Å². The first kappa shape index (κ1) is 22.5. The number of benzene rings is 3. The summed E-state index contributed by atoms with van der Waals surface area (Å²) < 4.78 is 11.7. The highest BCUT2D eigenvalue weighted by atomic mass is 79.9. The van der Waals surface area contributed by atoms with Crippen LogP contribution in [0.2, 0.25) is 0 Å². The average molecular weight is 503 g/mol. The van der Waals surface area contributed by atoms with E-state index in [0.717, 1.165) is 38.3 Å². The monoisotopic (exact) mass is 502 g/mol. The fourth-order valence-corrected chi connectivity index (χ4v) is 3.49. The summed E-state index contributed by atoms with van der Waals surface area (Å²) in [6.45, 7) is 0. The molecule has 0 aliphatic rings. The van der Waals surface area contributed by atoms with E-state index in [1.807, 2.05) is 85.9 Å². The molecular weight excluding hydrogens is 480 g/mol. The summed E-state index contributed by atoms with van der Waals surface area (Å²) in [6, 6.07) is 25.6. The van der Waals surface area contributed by atoms with Crippen LogP contribution >= 0.6 is 15.9 Å². The molecular formula is C26H23BrN4O2. The largest absolute Gasteiger partial charge is 0.497 e. The van der Waals surface area contributed by atoms with Gasteiger partial charge in [-0.3, -0.25) is 0 Å². The van der Waals surface area contributed by atoms with Crippen molar-refractivity contribution < 1.29 is 9.47 Å². The molecule has 0 unspecified atom stereocenters. The molecule has 4 rings (SSSR count). The molecule has 0 spiro atoms. The van der Waals surface area contributed by atoms with E-state index in [9.17, 15) is 0 Å². The van der Waals surface area contributed by atoms with Gasteiger partial charge < -0.3 is 9.47 Å². The number of hydrazone groups is 1. The number of hydrogen-bond acceptors (Lipinski definition) is 6. The zero-order chi connectivity index (χ0) is 23.2. The van der Waals surface area contributed by atoms with E-state index in [2.05, 4.69) is 21.0 Å². The maximum absolute atomic E-state index is 5.46. The van der Waals surface area contributed by atoms with Gasteiger partial charge in [-0.05, 0) is 30.3 Å². The summed E-state index contributed by atoms with van der Waals surface area (Å²) in [5, 5.41) is 6.22. The smallest absolute Gasteiger partial charge is 0.247 e. The first-order chi connectivity index (χ1) is 16.1. The third-order valence-electron chi connectivity index (χ3n) is 5.02. The van der Waals surface area contributed by atoms with Gasteiger partial charge in [0.05, 0.1) is 31.8 Å². The van der Waals surface area contributed by atoms with Gasteiger partial charge in [0.1, 0.15) is 11.5 Å². The molecule has 7 heteroatoms. The van der Waals surface area contributed by atoms with Crippen molar-refractivity contribution in [3.8, 4) is 34.0 Å². The summed E-state index contributed by atoms with van der Waals surface area (Å²) >= 11 is 3.49. The molecule has 33 heavy (non-hydrogen) atoms. The van der Waals surface area contributed by atoms with E-state index in [-0.39, 0.29) is 0 Å². The Bertz CT molecular complexity index is 1260. The highest BCUT2D eigenvalue weighted by molar-refractivity contribution is 9.10. The summed E-state index contributed by atoms with van der Waals surface area (Å²) in [5.74, 6) is 1.87. The summed E-state index contributed by atoms with van der Waals surface area (Å²) in [4.78, 5) is 9.54. The Morgan fingerprint density at radius 3 is 2.12 bits per heavy atom. The minimum absolute atomic E-state index is 0.484. The van der Waals surface area contributed by atoms with E-state index in [0.29, 0.717) is 11.7 Å². The minimum Gasteiger partial charge on any atom is -0.497 e. The van der Waals surface area contributed by atoms with Crippen molar-refractivity contribution in [1.82, 2.24) is 9.97 Å². The summed E-state index contributed by atoms with van der Waals surface area (Å²) in [7, 11) is 5.06. The van der Waals surface area contributed by atoms with Crippen LogP contribution in [0.15, 0.2) is 88.4 Å². The quantitative estimate of drug-likeness (QED) is 0.227. The first-order valence-electron chi connectivity index (χ1n) is 10.3. The Balaban J connectivity index is 1.72. The molecule has 1 aromatic heterocycles. The Morgan fingerprint density at radius 1 is 0.818 bits per heavy atom. The number of nitrogens with zero attached hydrogens (tertiary/aromatic N) is 4. The molecule has 0 N–H and O–H groups in total. The van der Waals surface area contributed by atoms with Crippen molar-refractivity contribution in [3.63, 3.8) is 0 Å². The van der Waals surface area contributed by atoms with E-state index in [4.69, 9.17) is 19.4 Å². The minimum atomic E-state index is 0.484. The number of methoxy groups -OCH3 is 2. The zero-order valence-electron chi connectivity index (χ0n) is 18.6. The fraction of sp³-hybridized carbons (Fsp3) is 0.115. The van der Waals surface area contributed by atoms with Crippen LogP contribution in [0.5, 0.6) is 11.5 Å². The van der Waals surface area contributed by atoms with Crippen LogP contribution in [0, 0.1) is 0 Å². The van der Waals surface area contributed by atoms with E-state index in [1.165, 1.54) is 0 Å². The number of aromatic nitrogens is 2. The standard InChI is InChI=1S/C26H23BrN4O2/c1-31(28-17-20-11-14-22(32-2)15-25(20)33-3)26-29-23(18-7-5-4-6-8-18)16-24(30-26)19-9-12-21(27)13-10-19/h4-17H,1-3H3. The lowest BCUT2D eigenvalue weighted by molar-refractivity contribution is 0.394. The van der Waals surface area contributed by atoms with Crippen LogP contribution in [0.1, 0.15) is 5.56 Å². The van der Waals surface area contributed by atoms with Crippen LogP contribution < -0.4 is 14.5 Å². The second-order valence-electron chi connectivity index (χ2n) is 7.19. The summed E-state index contributed by atoms with van der Waals surface area (Å²) in [6.07, 6.45) is 1.72. The van der Waals surface area contributed by atoms with Crippen LogP contribution in [0.25, 0.3) is 22.5 Å². The molecule has 0 atom stereocenters. The normalized spacial score (nSPS) is 10.9. The third kappa shape index (κ3) is 5.38. The van der Waals surface area contributed by atoms with Gasteiger partial charge in [0, 0.05) is 34.3 Å². The van der Waals surface area contributed by atoms with Crippen LogP contribution in [-0.4, -0.2) is 37.4 Å². The molecule has 0 aliphatic carbocycles. The Kier molecular flexibility index (Phi) is 7.00. The van der Waals surface area contributed by atoms with E-state index >= 15 is 0 Å². The van der Waals surface area contributed by atoms with Crippen molar-refractivity contribution in [2.24, 2.45) is 5.10 Å². The highest BCUT2D eigenvalue weighted by Gasteiger charge is 2.12. The van der Waals surface area contributed by atoms with Crippen LogP contribution in [0.3, 0.4) is 0 Å². The number of halogens is 1. The zero-order valence-corrected chi connectivity index (χ0v) is 20.2. The van der Waals surface area contributed by atoms with Gasteiger partial charge in [0.25, 0.3) is 0 Å². The molecule has 1 heterocycles. The van der Waals surface area contributed by atoms with Crippen molar-refractivity contribution in [2.75, 3.05) is 26.3 Å². The maximum Gasteiger partial charge on any atom is 0.247 e. The molecule has 3 aromatic carbocycles. The molecule has 0 saturated heterocycles. The molecule has 0 saturated carbocycles. The van der Waals surface area contributed by atoms with Crippen LogP contribution in [-0.2, 0) is 0 Å². The number of anilines is 1. The number of hydrogen-bond donors (Lipinski definition) is 0. The number of ether oxygens (including phenoxy) is 2. The van der Waals surface area contributed by atoms with Gasteiger partial charge in [-0.2, -0.15) is 5.10 Å². The van der Waals surface area contributed by atoms with Gasteiger partial charge in [-0.25, -0.2) is 15.0 Å². The lowest BCUT2D eigenvalue weighted by Crippen LogP contribution is -2.14. The second-order valence-corrected chi connectivity index (χ2v) is 8.10. The summed E-state index contributed by atoms with van der Waals surface area (Å²) in [5.41, 5.74) is 4.46. The molecule has 0 fully saturated rings. The van der Waals surface area contributed by atoms with Gasteiger partial charge in [0.15, 0.2) is 0 Å². The van der Waals surface area contributed by atoms with Crippen molar-refractivity contribution >= 4 is 28.1 Å². The molecule has 0 amide bonds. The second kappa shape index (κ2) is 10.3. The maximum atomic E-state index is 5.46. The van der Waals surface area contributed by atoms with Crippen molar-refractivity contribution in [3.05, 3.63) is 88.9 Å². The van der Waals surface area contributed by atoms with Crippen molar-refractivity contribution in [2.45, 2.75) is 0 Å². The van der Waals surface area contributed by atoms with E-state index in [1.54, 1.807) is 25.4 Å².